The first kappa shape index (κ1) is 15.7. The van der Waals surface area contributed by atoms with Gasteiger partial charge in [0, 0.05) is 11.4 Å². The quantitative estimate of drug-likeness (QED) is 0.643. The van der Waals surface area contributed by atoms with E-state index in [4.69, 9.17) is 16.7 Å². The van der Waals surface area contributed by atoms with Crippen LogP contribution in [0.25, 0.3) is 0 Å². The molecule has 110 valence electrons. The highest BCUT2D eigenvalue weighted by Crippen LogP contribution is 2.27. The van der Waals surface area contributed by atoms with E-state index in [-0.39, 0.29) is 5.92 Å². The number of benzene rings is 1. The van der Waals surface area contributed by atoms with E-state index in [1.54, 1.807) is 11.8 Å². The van der Waals surface area contributed by atoms with Gasteiger partial charge in [-0.25, -0.2) is 0 Å². The molecule has 1 saturated heterocycles. The number of piperidine rings is 1. The Labute approximate surface area is 129 Å². The maximum atomic E-state index is 11.0. The molecule has 1 atom stereocenters. The predicted octanol–water partition coefficient (Wildman–Crippen LogP) is 3.62. The molecular formula is C15H20ClNO2S. The second kappa shape index (κ2) is 7.91. The zero-order valence-corrected chi connectivity index (χ0v) is 13.0. The molecule has 1 N–H and O–H groups in total. The number of hydrogen-bond acceptors (Lipinski definition) is 3. The number of carbonyl (C=O) groups is 1. The second-order valence-electron chi connectivity index (χ2n) is 5.11. The highest BCUT2D eigenvalue weighted by molar-refractivity contribution is 7.99. The molecule has 1 unspecified atom stereocenters. The van der Waals surface area contributed by atoms with Gasteiger partial charge in [-0.05, 0) is 50.2 Å². The molecule has 0 amide bonds. The van der Waals surface area contributed by atoms with Crippen LogP contribution in [-0.4, -0.2) is 41.4 Å². The molecule has 0 saturated carbocycles. The Morgan fingerprint density at radius 1 is 1.45 bits per heavy atom. The summed E-state index contributed by atoms with van der Waals surface area (Å²) in [6.07, 6.45) is 2.87. The van der Waals surface area contributed by atoms with E-state index in [9.17, 15) is 4.79 Å². The van der Waals surface area contributed by atoms with E-state index >= 15 is 0 Å². The predicted molar refractivity (Wildman–Crippen MR) is 83.6 cm³/mol. The van der Waals surface area contributed by atoms with E-state index in [1.165, 1.54) is 0 Å². The van der Waals surface area contributed by atoms with Crippen molar-refractivity contribution in [3.8, 4) is 0 Å². The number of halogens is 1. The molecule has 1 aromatic rings. The van der Waals surface area contributed by atoms with Gasteiger partial charge in [0.1, 0.15) is 0 Å². The van der Waals surface area contributed by atoms with Gasteiger partial charge < -0.3 is 10.0 Å². The number of carboxylic acids is 1. The van der Waals surface area contributed by atoms with E-state index in [0.717, 1.165) is 48.0 Å². The standard InChI is InChI=1S/C15H20ClNO2S/c16-13-6-1-2-7-14(13)20-10-4-9-17-8-3-5-12(11-17)15(18)19/h1-2,6-7,12H,3-5,8-11H2,(H,18,19). The van der Waals surface area contributed by atoms with Crippen LogP contribution in [0.2, 0.25) is 5.02 Å². The largest absolute Gasteiger partial charge is 0.481 e. The van der Waals surface area contributed by atoms with Gasteiger partial charge in [0.15, 0.2) is 0 Å². The van der Waals surface area contributed by atoms with Gasteiger partial charge in [-0.2, -0.15) is 0 Å². The first-order valence-electron chi connectivity index (χ1n) is 6.99. The summed E-state index contributed by atoms with van der Waals surface area (Å²) in [4.78, 5) is 14.4. The van der Waals surface area contributed by atoms with Crippen molar-refractivity contribution in [1.29, 1.82) is 0 Å². The summed E-state index contributed by atoms with van der Waals surface area (Å²) in [5.74, 6) is 0.179. The lowest BCUT2D eigenvalue weighted by atomic mass is 9.98. The van der Waals surface area contributed by atoms with Crippen LogP contribution in [0.1, 0.15) is 19.3 Å². The number of nitrogens with zero attached hydrogens (tertiary/aromatic N) is 1. The zero-order valence-electron chi connectivity index (χ0n) is 11.4. The van der Waals surface area contributed by atoms with Gasteiger partial charge in [-0.1, -0.05) is 23.7 Å². The van der Waals surface area contributed by atoms with Crippen molar-refractivity contribution in [2.75, 3.05) is 25.4 Å². The van der Waals surface area contributed by atoms with Crippen molar-refractivity contribution in [2.45, 2.75) is 24.2 Å². The first-order chi connectivity index (χ1) is 9.66. The van der Waals surface area contributed by atoms with E-state index in [0.29, 0.717) is 6.54 Å². The summed E-state index contributed by atoms with van der Waals surface area (Å²) in [5, 5.41) is 9.87. The van der Waals surface area contributed by atoms with Crippen molar-refractivity contribution in [3.63, 3.8) is 0 Å². The molecular weight excluding hydrogens is 294 g/mol. The summed E-state index contributed by atoms with van der Waals surface area (Å²) < 4.78 is 0. The third kappa shape index (κ3) is 4.69. The third-order valence-corrected chi connectivity index (χ3v) is 5.17. The molecule has 0 bridgehead atoms. The lowest BCUT2D eigenvalue weighted by Gasteiger charge is -2.30. The molecule has 1 heterocycles. The van der Waals surface area contributed by atoms with Gasteiger partial charge in [0.05, 0.1) is 10.9 Å². The molecule has 3 nitrogen and oxygen atoms in total. The molecule has 1 aliphatic heterocycles. The van der Waals surface area contributed by atoms with Crippen molar-refractivity contribution in [1.82, 2.24) is 4.90 Å². The van der Waals surface area contributed by atoms with Crippen LogP contribution in [0.3, 0.4) is 0 Å². The smallest absolute Gasteiger partial charge is 0.307 e. The minimum Gasteiger partial charge on any atom is -0.481 e. The van der Waals surface area contributed by atoms with Crippen LogP contribution in [0.15, 0.2) is 29.2 Å². The van der Waals surface area contributed by atoms with E-state index in [2.05, 4.69) is 4.90 Å². The highest BCUT2D eigenvalue weighted by Gasteiger charge is 2.24. The monoisotopic (exact) mass is 313 g/mol. The number of thioether (sulfide) groups is 1. The van der Waals surface area contributed by atoms with Crippen molar-refractivity contribution in [2.24, 2.45) is 5.92 Å². The van der Waals surface area contributed by atoms with Crippen LogP contribution in [0, 0.1) is 5.92 Å². The van der Waals surface area contributed by atoms with E-state index < -0.39 is 5.97 Å². The average molecular weight is 314 g/mol. The van der Waals surface area contributed by atoms with Crippen LogP contribution >= 0.6 is 23.4 Å². The lowest BCUT2D eigenvalue weighted by molar-refractivity contribution is -0.143. The molecule has 0 radical (unpaired) electrons. The number of hydrogen-bond donors (Lipinski definition) is 1. The fourth-order valence-electron chi connectivity index (χ4n) is 2.49. The fourth-order valence-corrected chi connectivity index (χ4v) is 3.67. The normalized spacial score (nSPS) is 19.9. The van der Waals surface area contributed by atoms with Gasteiger partial charge >= 0.3 is 5.97 Å². The van der Waals surface area contributed by atoms with Gasteiger partial charge in [0.25, 0.3) is 0 Å². The summed E-state index contributed by atoms with van der Waals surface area (Å²) >= 11 is 7.88. The van der Waals surface area contributed by atoms with Crippen LogP contribution < -0.4 is 0 Å². The Morgan fingerprint density at radius 2 is 2.25 bits per heavy atom. The number of rotatable bonds is 6. The van der Waals surface area contributed by atoms with Crippen LogP contribution in [-0.2, 0) is 4.79 Å². The Kier molecular flexibility index (Phi) is 6.20. The minimum absolute atomic E-state index is 0.181. The molecule has 0 aromatic heterocycles. The summed E-state index contributed by atoms with van der Waals surface area (Å²) in [7, 11) is 0. The third-order valence-electron chi connectivity index (χ3n) is 3.57. The van der Waals surface area contributed by atoms with Crippen LogP contribution in [0.5, 0.6) is 0 Å². The lowest BCUT2D eigenvalue weighted by Crippen LogP contribution is -2.39. The SMILES string of the molecule is O=C(O)C1CCCN(CCCSc2ccccc2Cl)C1. The topological polar surface area (TPSA) is 40.5 Å². The number of likely N-dealkylation sites (tertiary alicyclic amines) is 1. The molecule has 1 aromatic carbocycles. The van der Waals surface area contributed by atoms with Crippen molar-refractivity contribution >= 4 is 29.3 Å². The average Bonchev–Trinajstić information content (AvgIpc) is 2.45. The maximum Gasteiger partial charge on any atom is 0.307 e. The van der Waals surface area contributed by atoms with Crippen LogP contribution in [0.4, 0.5) is 0 Å². The Morgan fingerprint density at radius 3 is 3.00 bits per heavy atom. The molecule has 2 rings (SSSR count). The minimum atomic E-state index is -0.653. The zero-order chi connectivity index (χ0) is 14.4. The summed E-state index contributed by atoms with van der Waals surface area (Å²) in [5.41, 5.74) is 0. The molecule has 0 aliphatic carbocycles. The Hall–Kier alpha value is -0.710. The molecule has 20 heavy (non-hydrogen) atoms. The fraction of sp³-hybridized carbons (Fsp3) is 0.533. The van der Waals surface area contributed by atoms with Gasteiger partial charge in [-0.15, -0.1) is 11.8 Å². The molecule has 5 heteroatoms. The molecule has 1 fully saturated rings. The summed E-state index contributed by atoms with van der Waals surface area (Å²) in [6.45, 7) is 2.70. The number of aliphatic carboxylic acids is 1. The first-order valence-corrected chi connectivity index (χ1v) is 8.35. The van der Waals surface area contributed by atoms with Crippen molar-refractivity contribution in [3.05, 3.63) is 29.3 Å². The summed E-state index contributed by atoms with van der Waals surface area (Å²) in [6, 6.07) is 7.88. The van der Waals surface area contributed by atoms with Gasteiger partial charge in [0.2, 0.25) is 0 Å². The van der Waals surface area contributed by atoms with E-state index in [1.807, 2.05) is 24.3 Å². The van der Waals surface area contributed by atoms with Crippen molar-refractivity contribution < 1.29 is 9.90 Å². The Bertz CT molecular complexity index is 455. The molecule has 0 spiro atoms. The maximum absolute atomic E-state index is 11.0. The number of carboxylic acid groups (broad SMARTS) is 1. The molecule has 1 aliphatic rings. The second-order valence-corrected chi connectivity index (χ2v) is 6.65. The highest BCUT2D eigenvalue weighted by atomic mass is 35.5. The van der Waals surface area contributed by atoms with Gasteiger partial charge in [-0.3, -0.25) is 4.79 Å². The Balaban J connectivity index is 1.68.